The predicted octanol–water partition coefficient (Wildman–Crippen LogP) is 3.78. The van der Waals surface area contributed by atoms with Crippen molar-refractivity contribution in [3.8, 4) is 11.6 Å². The molecule has 2 amide bonds. The molecule has 2 N–H and O–H groups in total. The topological polar surface area (TPSA) is 102 Å². The summed E-state index contributed by atoms with van der Waals surface area (Å²) in [6, 6.07) is 20.5. The molecule has 0 bridgehead atoms. The normalized spacial score (nSPS) is 10.7. The molecule has 0 aliphatic heterocycles. The first kappa shape index (κ1) is 22.3. The number of thioether (sulfide) groups is 1. The zero-order valence-corrected chi connectivity index (χ0v) is 18.8. The van der Waals surface area contributed by atoms with Gasteiger partial charge >= 0.3 is 0 Å². The van der Waals surface area contributed by atoms with Gasteiger partial charge in [0.15, 0.2) is 16.7 Å². The number of amides is 2. The molecule has 8 nitrogen and oxygen atoms in total. The Balaban J connectivity index is 1.32. The number of carbonyl (C=O) groups excluding carboxylic acids is 2. The van der Waals surface area contributed by atoms with Gasteiger partial charge in [-0.05, 0) is 36.2 Å². The second-order valence-corrected chi connectivity index (χ2v) is 8.16. The highest BCUT2D eigenvalue weighted by molar-refractivity contribution is 7.99. The van der Waals surface area contributed by atoms with Gasteiger partial charge in [0, 0.05) is 13.6 Å². The maximum absolute atomic E-state index is 12.7. The van der Waals surface area contributed by atoms with E-state index in [2.05, 4.69) is 20.8 Å². The van der Waals surface area contributed by atoms with Crippen LogP contribution in [0.1, 0.15) is 15.9 Å². The van der Waals surface area contributed by atoms with Crippen LogP contribution < -0.4 is 10.6 Å². The molecule has 0 fully saturated rings. The number of hydrogen-bond acceptors (Lipinski definition) is 6. The Labute approximate surface area is 195 Å². The van der Waals surface area contributed by atoms with Crippen LogP contribution in [0.3, 0.4) is 0 Å². The number of para-hydroxylation sites is 1. The summed E-state index contributed by atoms with van der Waals surface area (Å²) in [4.78, 5) is 25.2. The van der Waals surface area contributed by atoms with Gasteiger partial charge in [-0.1, -0.05) is 54.2 Å². The van der Waals surface area contributed by atoms with E-state index in [4.69, 9.17) is 4.42 Å². The summed E-state index contributed by atoms with van der Waals surface area (Å²) in [6.45, 7) is 0.505. The van der Waals surface area contributed by atoms with E-state index >= 15 is 0 Å². The molecule has 0 unspecified atom stereocenters. The second-order valence-electron chi connectivity index (χ2n) is 7.22. The fraction of sp³-hybridized carbons (Fsp3) is 0.167. The molecular weight excluding hydrogens is 438 g/mol. The van der Waals surface area contributed by atoms with Crippen LogP contribution in [0.15, 0.2) is 82.6 Å². The number of aromatic nitrogens is 3. The van der Waals surface area contributed by atoms with Crippen molar-refractivity contribution in [2.75, 3.05) is 17.6 Å². The molecule has 0 spiro atoms. The Bertz CT molecular complexity index is 1220. The summed E-state index contributed by atoms with van der Waals surface area (Å²) >= 11 is 1.25. The lowest BCUT2D eigenvalue weighted by atomic mass is 10.1. The number of rotatable bonds is 9. The molecule has 0 atom stereocenters. The van der Waals surface area contributed by atoms with Gasteiger partial charge in [-0.3, -0.25) is 9.59 Å². The molecule has 4 aromatic rings. The fourth-order valence-electron chi connectivity index (χ4n) is 3.23. The van der Waals surface area contributed by atoms with Crippen molar-refractivity contribution in [3.63, 3.8) is 0 Å². The molecule has 0 aliphatic rings. The summed E-state index contributed by atoms with van der Waals surface area (Å²) in [5.74, 6) is 0.834. The van der Waals surface area contributed by atoms with E-state index in [1.54, 1.807) is 47.2 Å². The molecule has 33 heavy (non-hydrogen) atoms. The quantitative estimate of drug-likeness (QED) is 0.368. The average Bonchev–Trinajstić information content (AvgIpc) is 3.48. The minimum Gasteiger partial charge on any atom is -0.461 e. The standard InChI is InChI=1S/C24H23N5O3S/c1-29-22(20-12-7-15-32-20)27-28-24(29)33-16-21(30)26-19-11-6-5-10-18(19)23(31)25-14-13-17-8-3-2-4-9-17/h2-12,15H,13-14,16H2,1H3,(H,25,31)(H,26,30). The SMILES string of the molecule is Cn1c(SCC(=O)Nc2ccccc2C(=O)NCCc2ccccc2)nnc1-c1ccco1. The van der Waals surface area contributed by atoms with Crippen molar-refractivity contribution >= 4 is 29.3 Å². The number of carbonyl (C=O) groups is 2. The highest BCUT2D eigenvalue weighted by Gasteiger charge is 2.16. The molecule has 4 rings (SSSR count). The molecule has 2 aromatic carbocycles. The highest BCUT2D eigenvalue weighted by Crippen LogP contribution is 2.23. The zero-order chi connectivity index (χ0) is 23.0. The van der Waals surface area contributed by atoms with Crippen molar-refractivity contribution in [1.82, 2.24) is 20.1 Å². The molecular formula is C24H23N5O3S. The monoisotopic (exact) mass is 461 g/mol. The summed E-state index contributed by atoms with van der Waals surface area (Å²) in [6.07, 6.45) is 2.30. The van der Waals surface area contributed by atoms with Crippen molar-refractivity contribution < 1.29 is 14.0 Å². The smallest absolute Gasteiger partial charge is 0.253 e. The minimum absolute atomic E-state index is 0.119. The molecule has 0 saturated heterocycles. The molecule has 0 radical (unpaired) electrons. The number of hydrogen-bond donors (Lipinski definition) is 2. The van der Waals surface area contributed by atoms with Crippen molar-refractivity contribution in [1.29, 1.82) is 0 Å². The largest absolute Gasteiger partial charge is 0.461 e. The van der Waals surface area contributed by atoms with Gasteiger partial charge in [-0.2, -0.15) is 0 Å². The van der Waals surface area contributed by atoms with Crippen LogP contribution in [0.5, 0.6) is 0 Å². The summed E-state index contributed by atoms with van der Waals surface area (Å²) in [5, 5.41) is 14.6. The third kappa shape index (κ3) is 5.69. The van der Waals surface area contributed by atoms with E-state index in [0.29, 0.717) is 34.5 Å². The van der Waals surface area contributed by atoms with Gasteiger partial charge in [0.2, 0.25) is 5.91 Å². The van der Waals surface area contributed by atoms with Crippen LogP contribution in [0.4, 0.5) is 5.69 Å². The molecule has 168 valence electrons. The minimum atomic E-state index is -0.243. The number of nitrogens with one attached hydrogen (secondary N) is 2. The first-order valence-corrected chi connectivity index (χ1v) is 11.4. The van der Waals surface area contributed by atoms with Crippen molar-refractivity contribution in [2.24, 2.45) is 7.05 Å². The number of nitrogens with zero attached hydrogens (tertiary/aromatic N) is 3. The Kier molecular flexibility index (Phi) is 7.21. The lowest BCUT2D eigenvalue weighted by Gasteiger charge is -2.11. The Morgan fingerprint density at radius 3 is 2.58 bits per heavy atom. The summed E-state index contributed by atoms with van der Waals surface area (Å²) in [7, 11) is 1.81. The van der Waals surface area contributed by atoms with Gasteiger partial charge in [0.05, 0.1) is 23.3 Å². The Morgan fingerprint density at radius 1 is 1.00 bits per heavy atom. The maximum atomic E-state index is 12.7. The van der Waals surface area contributed by atoms with Gasteiger partial charge in [0.25, 0.3) is 5.91 Å². The zero-order valence-electron chi connectivity index (χ0n) is 18.0. The van der Waals surface area contributed by atoms with Crippen LogP contribution in [-0.4, -0.2) is 38.9 Å². The van der Waals surface area contributed by atoms with E-state index in [1.807, 2.05) is 37.4 Å². The van der Waals surface area contributed by atoms with Crippen molar-refractivity contribution in [3.05, 3.63) is 84.1 Å². The molecule has 0 saturated carbocycles. The van der Waals surface area contributed by atoms with E-state index < -0.39 is 0 Å². The number of anilines is 1. The Hall–Kier alpha value is -3.85. The summed E-state index contributed by atoms with van der Waals surface area (Å²) < 4.78 is 7.13. The third-order valence-electron chi connectivity index (χ3n) is 4.90. The lowest BCUT2D eigenvalue weighted by Crippen LogP contribution is -2.27. The van der Waals surface area contributed by atoms with Gasteiger partial charge in [-0.15, -0.1) is 10.2 Å². The molecule has 0 aliphatic carbocycles. The van der Waals surface area contributed by atoms with Crippen LogP contribution in [-0.2, 0) is 18.3 Å². The van der Waals surface area contributed by atoms with Crippen molar-refractivity contribution in [2.45, 2.75) is 11.6 Å². The van der Waals surface area contributed by atoms with Gasteiger partial charge in [0.1, 0.15) is 0 Å². The summed E-state index contributed by atoms with van der Waals surface area (Å²) in [5.41, 5.74) is 2.03. The second kappa shape index (κ2) is 10.6. The van der Waals surface area contributed by atoms with Crippen LogP contribution in [0, 0.1) is 0 Å². The Morgan fingerprint density at radius 2 is 1.79 bits per heavy atom. The molecule has 9 heteroatoms. The third-order valence-corrected chi connectivity index (χ3v) is 5.92. The maximum Gasteiger partial charge on any atom is 0.253 e. The fourth-order valence-corrected chi connectivity index (χ4v) is 3.94. The number of furan rings is 1. The predicted molar refractivity (Wildman–Crippen MR) is 127 cm³/mol. The lowest BCUT2D eigenvalue weighted by molar-refractivity contribution is -0.113. The molecule has 2 heterocycles. The first-order chi connectivity index (χ1) is 16.1. The van der Waals surface area contributed by atoms with E-state index in [1.165, 1.54) is 11.8 Å². The highest BCUT2D eigenvalue weighted by atomic mass is 32.2. The number of benzene rings is 2. The van der Waals surface area contributed by atoms with E-state index in [-0.39, 0.29) is 17.6 Å². The first-order valence-electron chi connectivity index (χ1n) is 10.4. The average molecular weight is 462 g/mol. The van der Waals surface area contributed by atoms with Crippen LogP contribution in [0.25, 0.3) is 11.6 Å². The van der Waals surface area contributed by atoms with E-state index in [0.717, 1.165) is 12.0 Å². The van der Waals surface area contributed by atoms with Gasteiger partial charge in [-0.25, -0.2) is 0 Å². The van der Waals surface area contributed by atoms with Gasteiger partial charge < -0.3 is 19.6 Å². The van der Waals surface area contributed by atoms with Crippen LogP contribution in [0.2, 0.25) is 0 Å². The van der Waals surface area contributed by atoms with Crippen LogP contribution >= 0.6 is 11.8 Å². The molecule has 2 aromatic heterocycles. The van der Waals surface area contributed by atoms with E-state index in [9.17, 15) is 9.59 Å².